The van der Waals surface area contributed by atoms with E-state index < -0.39 is 0 Å². The summed E-state index contributed by atoms with van der Waals surface area (Å²) in [7, 11) is 0. The van der Waals surface area contributed by atoms with Gasteiger partial charge < -0.3 is 10.2 Å². The van der Waals surface area contributed by atoms with Gasteiger partial charge in [0.15, 0.2) is 0 Å². The first-order chi connectivity index (χ1) is 14.7. The number of hydrogen-bond acceptors (Lipinski definition) is 3. The van der Waals surface area contributed by atoms with Crippen molar-refractivity contribution in [2.24, 2.45) is 0 Å². The van der Waals surface area contributed by atoms with E-state index in [1.54, 1.807) is 0 Å². The van der Waals surface area contributed by atoms with Crippen LogP contribution in [-0.2, 0) is 6.54 Å². The standard InChI is InChI=1S/C25H25N3O2/c29-24(21-15-23(18-10-11-18)27-22-9-2-1-8-20(21)22)26-16-17-6-5-7-19(14-17)25(30)28-12-3-4-13-28/h1-2,5-9,14-15,18H,3-4,10-13,16H2,(H,26,29). The van der Waals surface area contributed by atoms with Crippen LogP contribution in [0.3, 0.4) is 0 Å². The van der Waals surface area contributed by atoms with Gasteiger partial charge in [0.1, 0.15) is 0 Å². The Bertz CT molecular complexity index is 1110. The number of carbonyl (C=O) groups is 2. The average molecular weight is 399 g/mol. The van der Waals surface area contributed by atoms with Crippen molar-refractivity contribution in [3.05, 3.63) is 77.0 Å². The van der Waals surface area contributed by atoms with Crippen molar-refractivity contribution >= 4 is 22.7 Å². The fourth-order valence-corrected chi connectivity index (χ4v) is 4.17. The van der Waals surface area contributed by atoms with Crippen LogP contribution in [-0.4, -0.2) is 34.8 Å². The first-order valence-corrected chi connectivity index (χ1v) is 10.7. The lowest BCUT2D eigenvalue weighted by atomic mass is 10.0. The molecule has 0 unspecified atom stereocenters. The maximum Gasteiger partial charge on any atom is 0.253 e. The van der Waals surface area contributed by atoms with Crippen LogP contribution in [0.1, 0.15) is 63.6 Å². The Kier molecular flexibility index (Phi) is 4.95. The molecule has 1 aliphatic heterocycles. The number of nitrogens with one attached hydrogen (secondary N) is 1. The summed E-state index contributed by atoms with van der Waals surface area (Å²) in [6.07, 6.45) is 4.43. The van der Waals surface area contributed by atoms with Crippen molar-refractivity contribution in [2.45, 2.75) is 38.1 Å². The largest absolute Gasteiger partial charge is 0.348 e. The first kappa shape index (κ1) is 18.8. The number of carbonyl (C=O) groups excluding carboxylic acids is 2. The minimum Gasteiger partial charge on any atom is -0.348 e. The summed E-state index contributed by atoms with van der Waals surface area (Å²) in [5.41, 5.74) is 4.16. The molecule has 0 radical (unpaired) electrons. The van der Waals surface area contributed by atoms with Crippen LogP contribution < -0.4 is 5.32 Å². The normalized spacial score (nSPS) is 16.1. The number of fused-ring (bicyclic) bond motifs is 1. The molecule has 2 amide bonds. The van der Waals surface area contributed by atoms with Gasteiger partial charge in [-0.2, -0.15) is 0 Å². The highest BCUT2D eigenvalue weighted by molar-refractivity contribution is 6.06. The number of likely N-dealkylation sites (tertiary alicyclic amines) is 1. The third kappa shape index (κ3) is 3.80. The fourth-order valence-electron chi connectivity index (χ4n) is 4.17. The number of aromatic nitrogens is 1. The molecule has 0 atom stereocenters. The Morgan fingerprint density at radius 3 is 2.60 bits per heavy atom. The average Bonchev–Trinajstić information content (AvgIpc) is 3.50. The van der Waals surface area contributed by atoms with Gasteiger partial charge in [0, 0.05) is 42.2 Å². The van der Waals surface area contributed by atoms with Crippen molar-refractivity contribution in [1.29, 1.82) is 0 Å². The summed E-state index contributed by atoms with van der Waals surface area (Å²) in [5.74, 6) is 0.455. The third-order valence-electron chi connectivity index (χ3n) is 6.00. The van der Waals surface area contributed by atoms with E-state index in [2.05, 4.69) is 5.32 Å². The topological polar surface area (TPSA) is 62.3 Å². The van der Waals surface area contributed by atoms with Crippen LogP contribution in [0.15, 0.2) is 54.6 Å². The van der Waals surface area contributed by atoms with Crippen molar-refractivity contribution in [2.75, 3.05) is 13.1 Å². The predicted molar refractivity (Wildman–Crippen MR) is 116 cm³/mol. The summed E-state index contributed by atoms with van der Waals surface area (Å²) in [4.78, 5) is 32.3. The van der Waals surface area contributed by atoms with Gasteiger partial charge in [-0.3, -0.25) is 14.6 Å². The number of rotatable bonds is 5. The first-order valence-electron chi connectivity index (χ1n) is 10.7. The smallest absolute Gasteiger partial charge is 0.253 e. The zero-order valence-electron chi connectivity index (χ0n) is 16.9. The third-order valence-corrected chi connectivity index (χ3v) is 6.00. The molecule has 2 aromatic carbocycles. The van der Waals surface area contributed by atoms with Crippen molar-refractivity contribution in [3.63, 3.8) is 0 Å². The Morgan fingerprint density at radius 1 is 1.00 bits per heavy atom. The van der Waals surface area contributed by atoms with E-state index in [0.29, 0.717) is 23.6 Å². The molecular formula is C25H25N3O2. The summed E-state index contributed by atoms with van der Waals surface area (Å²) in [5, 5.41) is 3.91. The van der Waals surface area contributed by atoms with Crippen LogP contribution in [0.25, 0.3) is 10.9 Å². The van der Waals surface area contributed by atoms with Gasteiger partial charge in [0.25, 0.3) is 11.8 Å². The molecule has 5 nitrogen and oxygen atoms in total. The molecule has 1 aliphatic carbocycles. The Hall–Kier alpha value is -3.21. The summed E-state index contributed by atoms with van der Waals surface area (Å²) in [6, 6.07) is 17.3. The highest BCUT2D eigenvalue weighted by Crippen LogP contribution is 2.40. The highest BCUT2D eigenvalue weighted by Gasteiger charge is 2.27. The van der Waals surface area contributed by atoms with E-state index in [-0.39, 0.29) is 11.8 Å². The molecule has 3 aromatic rings. The lowest BCUT2D eigenvalue weighted by Crippen LogP contribution is -2.28. The minimum atomic E-state index is -0.105. The number of amides is 2. The van der Waals surface area contributed by atoms with Crippen LogP contribution >= 0.6 is 0 Å². The Balaban J connectivity index is 1.34. The monoisotopic (exact) mass is 399 g/mol. The van der Waals surface area contributed by atoms with Gasteiger partial charge in [0.2, 0.25) is 0 Å². The van der Waals surface area contributed by atoms with Crippen LogP contribution in [0.2, 0.25) is 0 Å². The van der Waals surface area contributed by atoms with Gasteiger partial charge in [-0.25, -0.2) is 0 Å². The molecule has 5 heteroatoms. The zero-order chi connectivity index (χ0) is 20.5. The zero-order valence-corrected chi connectivity index (χ0v) is 16.9. The highest BCUT2D eigenvalue weighted by atomic mass is 16.2. The lowest BCUT2D eigenvalue weighted by molar-refractivity contribution is 0.0792. The molecule has 5 rings (SSSR count). The predicted octanol–water partition coefficient (Wildman–Crippen LogP) is 4.28. The van der Waals surface area contributed by atoms with E-state index in [4.69, 9.17) is 4.98 Å². The molecular weight excluding hydrogens is 374 g/mol. The number of nitrogens with zero attached hydrogens (tertiary/aromatic N) is 2. The van der Waals surface area contributed by atoms with Gasteiger partial charge >= 0.3 is 0 Å². The molecule has 2 heterocycles. The Morgan fingerprint density at radius 2 is 1.80 bits per heavy atom. The van der Waals surface area contributed by atoms with Gasteiger partial charge in [-0.15, -0.1) is 0 Å². The summed E-state index contributed by atoms with van der Waals surface area (Å²) in [6.45, 7) is 2.05. The number of pyridine rings is 1. The molecule has 30 heavy (non-hydrogen) atoms. The molecule has 152 valence electrons. The molecule has 2 fully saturated rings. The minimum absolute atomic E-state index is 0.0786. The lowest BCUT2D eigenvalue weighted by Gasteiger charge is -2.16. The van der Waals surface area contributed by atoms with E-state index >= 15 is 0 Å². The van der Waals surface area contributed by atoms with E-state index in [1.165, 1.54) is 0 Å². The molecule has 1 saturated carbocycles. The quantitative estimate of drug-likeness (QED) is 0.697. The summed E-state index contributed by atoms with van der Waals surface area (Å²) >= 11 is 0. The number of para-hydroxylation sites is 1. The van der Waals surface area contributed by atoms with Gasteiger partial charge in [0.05, 0.1) is 11.1 Å². The SMILES string of the molecule is O=C(NCc1cccc(C(=O)N2CCCC2)c1)c1cc(C2CC2)nc2ccccc12. The molecule has 0 spiro atoms. The van der Waals surface area contributed by atoms with E-state index in [9.17, 15) is 9.59 Å². The molecule has 1 N–H and O–H groups in total. The fraction of sp³-hybridized carbons (Fsp3) is 0.320. The van der Waals surface area contributed by atoms with Gasteiger partial charge in [-0.1, -0.05) is 30.3 Å². The van der Waals surface area contributed by atoms with Crippen LogP contribution in [0.5, 0.6) is 0 Å². The molecule has 2 aliphatic rings. The second-order valence-electron chi connectivity index (χ2n) is 8.27. The number of benzene rings is 2. The van der Waals surface area contributed by atoms with E-state index in [0.717, 1.165) is 60.9 Å². The van der Waals surface area contributed by atoms with Crippen molar-refractivity contribution < 1.29 is 9.59 Å². The Labute approximate surface area is 176 Å². The molecule has 1 aromatic heterocycles. The van der Waals surface area contributed by atoms with Crippen LogP contribution in [0, 0.1) is 0 Å². The van der Waals surface area contributed by atoms with Crippen molar-refractivity contribution in [3.8, 4) is 0 Å². The van der Waals surface area contributed by atoms with Crippen molar-refractivity contribution in [1.82, 2.24) is 15.2 Å². The van der Waals surface area contributed by atoms with Crippen LogP contribution in [0.4, 0.5) is 0 Å². The second-order valence-corrected chi connectivity index (χ2v) is 8.27. The van der Waals surface area contributed by atoms with Gasteiger partial charge in [-0.05, 0) is 55.5 Å². The second kappa shape index (κ2) is 7.90. The maximum absolute atomic E-state index is 13.0. The summed E-state index contributed by atoms with van der Waals surface area (Å²) < 4.78 is 0. The van der Waals surface area contributed by atoms with E-state index in [1.807, 2.05) is 59.5 Å². The maximum atomic E-state index is 13.0. The molecule has 0 bridgehead atoms. The molecule has 1 saturated heterocycles. The number of hydrogen-bond donors (Lipinski definition) is 1.